The second kappa shape index (κ2) is 7.65. The third-order valence-corrected chi connectivity index (χ3v) is 4.77. The van der Waals surface area contributed by atoms with E-state index in [0.29, 0.717) is 12.3 Å². The molecule has 0 spiro atoms. The Bertz CT molecular complexity index is 888. The Balaban J connectivity index is 1.49. The van der Waals surface area contributed by atoms with Crippen LogP contribution in [0.15, 0.2) is 30.3 Å². The van der Waals surface area contributed by atoms with E-state index in [4.69, 9.17) is 0 Å². The summed E-state index contributed by atoms with van der Waals surface area (Å²) in [5.74, 6) is 2.12. The van der Waals surface area contributed by atoms with Gasteiger partial charge in [-0.2, -0.15) is 16.7 Å². The summed E-state index contributed by atoms with van der Waals surface area (Å²) >= 11 is 1.79. The number of hydrogen-bond acceptors (Lipinski definition) is 5. The Kier molecular flexibility index (Phi) is 5.33. The molecule has 7 heteroatoms. The highest BCUT2D eigenvalue weighted by molar-refractivity contribution is 7.98. The maximum atomic E-state index is 12.2. The Morgan fingerprint density at radius 2 is 1.92 bits per heavy atom. The highest BCUT2D eigenvalue weighted by atomic mass is 32.2. The highest BCUT2D eigenvalue weighted by Gasteiger charge is 2.14. The van der Waals surface area contributed by atoms with Gasteiger partial charge in [-0.3, -0.25) is 4.79 Å². The number of benzene rings is 1. The van der Waals surface area contributed by atoms with Gasteiger partial charge in [0.25, 0.3) is 11.7 Å². The SMILES string of the molecule is Cc1ccc(CSCCNC(=O)c2nc3nc(C)cc(C)n3n2)cc1. The molecule has 1 amide bonds. The molecule has 0 unspecified atom stereocenters. The van der Waals surface area contributed by atoms with E-state index < -0.39 is 0 Å². The normalized spacial score (nSPS) is 11.0. The van der Waals surface area contributed by atoms with Gasteiger partial charge in [0, 0.05) is 29.4 Å². The predicted octanol–water partition coefficient (Wildman–Crippen LogP) is 2.71. The lowest BCUT2D eigenvalue weighted by atomic mass is 10.2. The molecule has 0 radical (unpaired) electrons. The van der Waals surface area contributed by atoms with Crippen LogP contribution in [-0.4, -0.2) is 37.8 Å². The van der Waals surface area contributed by atoms with Gasteiger partial charge >= 0.3 is 0 Å². The van der Waals surface area contributed by atoms with Crippen LogP contribution in [0.4, 0.5) is 0 Å². The lowest BCUT2D eigenvalue weighted by Crippen LogP contribution is -2.26. The van der Waals surface area contributed by atoms with Crippen molar-refractivity contribution in [2.45, 2.75) is 26.5 Å². The lowest BCUT2D eigenvalue weighted by Gasteiger charge is -2.04. The van der Waals surface area contributed by atoms with E-state index in [9.17, 15) is 4.79 Å². The molecule has 0 aliphatic carbocycles. The van der Waals surface area contributed by atoms with Crippen molar-refractivity contribution in [2.24, 2.45) is 0 Å². The zero-order chi connectivity index (χ0) is 17.8. The third kappa shape index (κ3) is 4.36. The van der Waals surface area contributed by atoms with Gasteiger partial charge in [-0.25, -0.2) is 9.50 Å². The number of aromatic nitrogens is 4. The molecule has 0 fully saturated rings. The van der Waals surface area contributed by atoms with Crippen LogP contribution in [-0.2, 0) is 5.75 Å². The second-order valence-corrected chi connectivity index (χ2v) is 7.09. The van der Waals surface area contributed by atoms with Crippen molar-refractivity contribution in [3.05, 3.63) is 58.7 Å². The Morgan fingerprint density at radius 1 is 1.16 bits per heavy atom. The first kappa shape index (κ1) is 17.4. The number of nitrogens with one attached hydrogen (secondary N) is 1. The average Bonchev–Trinajstić information content (AvgIpc) is 3.00. The number of fused-ring (bicyclic) bond motifs is 1. The lowest BCUT2D eigenvalue weighted by molar-refractivity contribution is 0.0946. The van der Waals surface area contributed by atoms with Gasteiger partial charge in [0.1, 0.15) is 0 Å². The molecule has 2 aromatic heterocycles. The van der Waals surface area contributed by atoms with Crippen LogP contribution in [0.25, 0.3) is 5.78 Å². The van der Waals surface area contributed by atoms with Crippen LogP contribution < -0.4 is 5.32 Å². The second-order valence-electron chi connectivity index (χ2n) is 5.98. The number of carbonyl (C=O) groups excluding carboxylic acids is 1. The van der Waals surface area contributed by atoms with Crippen LogP contribution in [0.2, 0.25) is 0 Å². The first-order valence-electron chi connectivity index (χ1n) is 8.15. The third-order valence-electron chi connectivity index (χ3n) is 3.74. The molecular weight excluding hydrogens is 334 g/mol. The van der Waals surface area contributed by atoms with Crippen LogP contribution in [0, 0.1) is 20.8 Å². The van der Waals surface area contributed by atoms with Crippen molar-refractivity contribution in [2.75, 3.05) is 12.3 Å². The minimum atomic E-state index is -0.265. The molecule has 0 aliphatic heterocycles. The number of amides is 1. The molecule has 0 aliphatic rings. The average molecular weight is 355 g/mol. The van der Waals surface area contributed by atoms with Crippen molar-refractivity contribution < 1.29 is 4.79 Å². The quantitative estimate of drug-likeness (QED) is 0.688. The topological polar surface area (TPSA) is 72.2 Å². The fourth-order valence-electron chi connectivity index (χ4n) is 2.45. The van der Waals surface area contributed by atoms with Gasteiger partial charge < -0.3 is 5.32 Å². The summed E-state index contributed by atoms with van der Waals surface area (Å²) in [6.07, 6.45) is 0. The number of hydrogen-bond donors (Lipinski definition) is 1. The first-order valence-corrected chi connectivity index (χ1v) is 9.31. The molecule has 1 N–H and O–H groups in total. The van der Waals surface area contributed by atoms with Crippen molar-refractivity contribution in [3.8, 4) is 0 Å². The summed E-state index contributed by atoms with van der Waals surface area (Å²) < 4.78 is 1.59. The maximum Gasteiger partial charge on any atom is 0.291 e. The number of nitrogens with zero attached hydrogens (tertiary/aromatic N) is 4. The number of thioether (sulfide) groups is 1. The number of rotatable bonds is 6. The zero-order valence-corrected chi connectivity index (χ0v) is 15.4. The molecule has 0 bridgehead atoms. The van der Waals surface area contributed by atoms with Crippen LogP contribution >= 0.6 is 11.8 Å². The highest BCUT2D eigenvalue weighted by Crippen LogP contribution is 2.12. The van der Waals surface area contributed by atoms with E-state index >= 15 is 0 Å². The fraction of sp³-hybridized carbons (Fsp3) is 0.333. The van der Waals surface area contributed by atoms with Crippen LogP contribution in [0.1, 0.15) is 33.1 Å². The van der Waals surface area contributed by atoms with E-state index in [-0.39, 0.29) is 11.7 Å². The molecular formula is C18H21N5OS. The van der Waals surface area contributed by atoms with Crippen molar-refractivity contribution in [3.63, 3.8) is 0 Å². The maximum absolute atomic E-state index is 12.2. The smallest absolute Gasteiger partial charge is 0.291 e. The molecule has 0 atom stereocenters. The van der Waals surface area contributed by atoms with Gasteiger partial charge in [0.05, 0.1) is 0 Å². The van der Waals surface area contributed by atoms with E-state index in [1.54, 1.807) is 16.3 Å². The summed E-state index contributed by atoms with van der Waals surface area (Å²) in [5, 5.41) is 7.10. The fourth-order valence-corrected chi connectivity index (χ4v) is 3.27. The first-order chi connectivity index (χ1) is 12.0. The molecule has 3 aromatic rings. The van der Waals surface area contributed by atoms with Crippen molar-refractivity contribution in [1.82, 2.24) is 24.9 Å². The van der Waals surface area contributed by atoms with Crippen LogP contribution in [0.5, 0.6) is 0 Å². The van der Waals surface area contributed by atoms with Crippen molar-refractivity contribution >= 4 is 23.4 Å². The Morgan fingerprint density at radius 3 is 2.68 bits per heavy atom. The molecule has 3 rings (SSSR count). The number of aryl methyl sites for hydroxylation is 3. The summed E-state index contributed by atoms with van der Waals surface area (Å²) in [6, 6.07) is 10.4. The van der Waals surface area contributed by atoms with E-state index in [0.717, 1.165) is 22.9 Å². The summed E-state index contributed by atoms with van der Waals surface area (Å²) in [5.41, 5.74) is 4.32. The van der Waals surface area contributed by atoms with Crippen LogP contribution in [0.3, 0.4) is 0 Å². The monoisotopic (exact) mass is 355 g/mol. The van der Waals surface area contributed by atoms with Gasteiger partial charge in [-0.05, 0) is 32.4 Å². The zero-order valence-electron chi connectivity index (χ0n) is 14.6. The molecule has 0 saturated carbocycles. The summed E-state index contributed by atoms with van der Waals surface area (Å²) in [7, 11) is 0. The van der Waals surface area contributed by atoms with E-state index in [1.165, 1.54) is 11.1 Å². The minimum absolute atomic E-state index is 0.157. The van der Waals surface area contributed by atoms with E-state index in [1.807, 2.05) is 19.9 Å². The summed E-state index contributed by atoms with van der Waals surface area (Å²) in [4.78, 5) is 20.7. The Hall–Kier alpha value is -2.41. The Labute approximate surface area is 151 Å². The van der Waals surface area contributed by atoms with Gasteiger partial charge in [-0.1, -0.05) is 29.8 Å². The molecule has 1 aromatic carbocycles. The van der Waals surface area contributed by atoms with Gasteiger partial charge in [0.2, 0.25) is 5.82 Å². The predicted molar refractivity (Wildman–Crippen MR) is 99.9 cm³/mol. The molecule has 130 valence electrons. The van der Waals surface area contributed by atoms with E-state index in [2.05, 4.69) is 51.6 Å². The standard InChI is InChI=1S/C18H21N5OS/c1-12-4-6-15(7-5-12)11-25-9-8-19-17(24)16-21-18-20-13(2)10-14(3)23(18)22-16/h4-7,10H,8-9,11H2,1-3H3,(H,19,24). The summed E-state index contributed by atoms with van der Waals surface area (Å²) in [6.45, 7) is 6.47. The largest absolute Gasteiger partial charge is 0.348 e. The molecule has 25 heavy (non-hydrogen) atoms. The van der Waals surface area contributed by atoms with Crippen molar-refractivity contribution in [1.29, 1.82) is 0 Å². The van der Waals surface area contributed by atoms with Gasteiger partial charge in [0.15, 0.2) is 0 Å². The number of carbonyl (C=O) groups is 1. The van der Waals surface area contributed by atoms with Gasteiger partial charge in [-0.15, -0.1) is 5.10 Å². The molecule has 0 saturated heterocycles. The minimum Gasteiger partial charge on any atom is -0.348 e. The molecule has 2 heterocycles. The molecule has 6 nitrogen and oxygen atoms in total.